The first-order valence-corrected chi connectivity index (χ1v) is 5.67. The summed E-state index contributed by atoms with van der Waals surface area (Å²) in [5.74, 6) is -0.360. The Morgan fingerprint density at radius 1 is 1.39 bits per heavy atom. The van der Waals surface area contributed by atoms with Crippen molar-refractivity contribution in [3.05, 3.63) is 46.7 Å². The Balaban J connectivity index is 2.64. The van der Waals surface area contributed by atoms with Crippen LogP contribution in [0.25, 0.3) is 5.69 Å². The molecule has 18 heavy (non-hydrogen) atoms. The molecule has 0 radical (unpaired) electrons. The smallest absolute Gasteiger partial charge is 0.352 e. The number of halogens is 1. The molecule has 1 heterocycles. The fraction of sp³-hybridized carbons (Fsp3) is 0.154. The molecule has 0 aliphatic heterocycles. The first-order chi connectivity index (χ1) is 8.52. The van der Waals surface area contributed by atoms with Gasteiger partial charge in [-0.25, -0.2) is 4.79 Å². The molecule has 1 N–H and O–H groups in total. The molecular formula is C13H12ClNO3. The molecule has 0 aliphatic carbocycles. The van der Waals surface area contributed by atoms with Gasteiger partial charge in [-0.2, -0.15) is 0 Å². The lowest BCUT2D eigenvalue weighted by Gasteiger charge is -2.11. The molecule has 5 heteroatoms. The van der Waals surface area contributed by atoms with Crippen LogP contribution in [-0.4, -0.2) is 22.8 Å². The molecule has 0 aliphatic rings. The molecule has 0 saturated heterocycles. The van der Waals surface area contributed by atoms with E-state index in [9.17, 15) is 4.79 Å². The molecule has 0 atom stereocenters. The number of carboxylic acids is 1. The monoisotopic (exact) mass is 265 g/mol. The zero-order chi connectivity index (χ0) is 13.3. The fourth-order valence-corrected chi connectivity index (χ4v) is 1.97. The lowest BCUT2D eigenvalue weighted by molar-refractivity contribution is 0.0688. The number of benzene rings is 1. The first kappa shape index (κ1) is 12.5. The van der Waals surface area contributed by atoms with E-state index in [-0.39, 0.29) is 5.69 Å². The first-order valence-electron chi connectivity index (χ1n) is 5.29. The molecular weight excluding hydrogens is 254 g/mol. The molecule has 4 nitrogen and oxygen atoms in total. The third-order valence-electron chi connectivity index (χ3n) is 2.68. The third kappa shape index (κ3) is 2.19. The van der Waals surface area contributed by atoms with Crippen molar-refractivity contribution in [1.82, 2.24) is 4.57 Å². The highest BCUT2D eigenvalue weighted by Crippen LogP contribution is 2.25. The maximum absolute atomic E-state index is 11.2. The summed E-state index contributed by atoms with van der Waals surface area (Å²) in [5, 5.41) is 9.53. The van der Waals surface area contributed by atoms with Gasteiger partial charge in [0, 0.05) is 12.3 Å². The van der Waals surface area contributed by atoms with Crippen molar-refractivity contribution in [2.24, 2.45) is 0 Å². The number of carbonyl (C=O) groups is 1. The Bertz CT molecular complexity index is 604. The Morgan fingerprint density at radius 2 is 2.11 bits per heavy atom. The minimum absolute atomic E-state index is 0.122. The van der Waals surface area contributed by atoms with Crippen LogP contribution in [0.4, 0.5) is 0 Å². The number of carboxylic acid groups (broad SMARTS) is 1. The van der Waals surface area contributed by atoms with Gasteiger partial charge in [-0.1, -0.05) is 17.7 Å². The number of rotatable bonds is 3. The summed E-state index contributed by atoms with van der Waals surface area (Å²) in [6.07, 6.45) is 1.58. The number of hydrogen-bond acceptors (Lipinski definition) is 2. The zero-order valence-electron chi connectivity index (χ0n) is 9.98. The van der Waals surface area contributed by atoms with Crippen LogP contribution in [0.1, 0.15) is 16.1 Å². The highest BCUT2D eigenvalue weighted by Gasteiger charge is 2.15. The number of ether oxygens (including phenoxy) is 1. The molecule has 0 fully saturated rings. The van der Waals surface area contributed by atoms with Crippen LogP contribution in [0.3, 0.4) is 0 Å². The number of aryl methyl sites for hydroxylation is 1. The van der Waals surface area contributed by atoms with E-state index in [2.05, 4.69) is 0 Å². The number of aromatic carboxylic acids is 1. The second kappa shape index (κ2) is 4.74. The lowest BCUT2D eigenvalue weighted by Crippen LogP contribution is -2.07. The maximum atomic E-state index is 11.2. The summed E-state index contributed by atoms with van der Waals surface area (Å²) in [4.78, 5) is 11.2. The van der Waals surface area contributed by atoms with E-state index >= 15 is 0 Å². The summed E-state index contributed by atoms with van der Waals surface area (Å²) >= 11 is 5.87. The molecule has 1 aromatic carbocycles. The molecule has 94 valence electrons. The second-order valence-electron chi connectivity index (χ2n) is 3.87. The van der Waals surface area contributed by atoms with Gasteiger partial charge in [-0.3, -0.25) is 0 Å². The number of nitrogens with zero attached hydrogens (tertiary/aromatic N) is 1. The van der Waals surface area contributed by atoms with Crippen LogP contribution in [0.5, 0.6) is 5.75 Å². The summed E-state index contributed by atoms with van der Waals surface area (Å²) in [5.41, 5.74) is 1.79. The maximum Gasteiger partial charge on any atom is 0.352 e. The van der Waals surface area contributed by atoms with Crippen molar-refractivity contribution in [3.8, 4) is 11.4 Å². The van der Waals surface area contributed by atoms with E-state index in [0.717, 1.165) is 11.3 Å². The van der Waals surface area contributed by atoms with Crippen LogP contribution in [0, 0.1) is 6.92 Å². The van der Waals surface area contributed by atoms with Gasteiger partial charge in [-0.15, -0.1) is 0 Å². The standard InChI is InChI=1S/C13H12ClNO3/c1-8-3-4-10(18-2)6-11(8)15-7-9(14)5-12(15)13(16)17/h3-7H,1-2H3,(H,16,17). The van der Waals surface area contributed by atoms with Crippen molar-refractivity contribution in [2.75, 3.05) is 7.11 Å². The van der Waals surface area contributed by atoms with Crippen LogP contribution in [0.15, 0.2) is 30.5 Å². The van der Waals surface area contributed by atoms with E-state index in [1.807, 2.05) is 19.1 Å². The SMILES string of the molecule is COc1ccc(C)c(-n2cc(Cl)cc2C(=O)O)c1. The topological polar surface area (TPSA) is 51.5 Å². The third-order valence-corrected chi connectivity index (χ3v) is 2.89. The number of aromatic nitrogens is 1. The fourth-order valence-electron chi connectivity index (χ4n) is 1.77. The highest BCUT2D eigenvalue weighted by atomic mass is 35.5. The average Bonchev–Trinajstić information content (AvgIpc) is 2.72. The van der Waals surface area contributed by atoms with Crippen molar-refractivity contribution < 1.29 is 14.6 Å². The van der Waals surface area contributed by atoms with Gasteiger partial charge >= 0.3 is 5.97 Å². The molecule has 0 amide bonds. The molecule has 2 aromatic rings. The van der Waals surface area contributed by atoms with E-state index in [1.54, 1.807) is 23.9 Å². The van der Waals surface area contributed by atoms with Crippen molar-refractivity contribution in [2.45, 2.75) is 6.92 Å². The summed E-state index contributed by atoms with van der Waals surface area (Å²) in [6, 6.07) is 6.89. The highest BCUT2D eigenvalue weighted by molar-refractivity contribution is 6.31. The molecule has 0 unspecified atom stereocenters. The van der Waals surface area contributed by atoms with Gasteiger partial charge in [0.25, 0.3) is 0 Å². The predicted molar refractivity (Wildman–Crippen MR) is 69.0 cm³/mol. The average molecular weight is 266 g/mol. The van der Waals surface area contributed by atoms with Crippen LogP contribution < -0.4 is 4.74 Å². The van der Waals surface area contributed by atoms with Gasteiger partial charge in [0.1, 0.15) is 11.4 Å². The van der Waals surface area contributed by atoms with Gasteiger partial charge in [0.15, 0.2) is 0 Å². The minimum Gasteiger partial charge on any atom is -0.497 e. The number of methoxy groups -OCH3 is 1. The summed E-state index contributed by atoms with van der Waals surface area (Å²) < 4.78 is 6.69. The van der Waals surface area contributed by atoms with Gasteiger partial charge in [0.05, 0.1) is 17.8 Å². The van der Waals surface area contributed by atoms with Gasteiger partial charge < -0.3 is 14.4 Å². The molecule has 0 spiro atoms. The zero-order valence-corrected chi connectivity index (χ0v) is 10.7. The molecule has 1 aromatic heterocycles. The molecule has 0 saturated carbocycles. The van der Waals surface area contributed by atoms with E-state index in [1.165, 1.54) is 6.07 Å². The van der Waals surface area contributed by atoms with Gasteiger partial charge in [-0.05, 0) is 24.6 Å². The van der Waals surface area contributed by atoms with Crippen molar-refractivity contribution >= 4 is 17.6 Å². The second-order valence-corrected chi connectivity index (χ2v) is 4.31. The Kier molecular flexibility index (Phi) is 3.30. The van der Waals surface area contributed by atoms with E-state index in [4.69, 9.17) is 21.4 Å². The Hall–Kier alpha value is -1.94. The van der Waals surface area contributed by atoms with Crippen molar-refractivity contribution in [1.29, 1.82) is 0 Å². The summed E-state index contributed by atoms with van der Waals surface area (Å²) in [7, 11) is 1.56. The van der Waals surface area contributed by atoms with Gasteiger partial charge in [0.2, 0.25) is 0 Å². The van der Waals surface area contributed by atoms with E-state index in [0.29, 0.717) is 10.8 Å². The Morgan fingerprint density at radius 3 is 2.72 bits per heavy atom. The Labute approximate surface area is 109 Å². The van der Waals surface area contributed by atoms with Crippen LogP contribution in [0.2, 0.25) is 5.02 Å². The number of hydrogen-bond donors (Lipinski definition) is 1. The summed E-state index contributed by atoms with van der Waals surface area (Å²) in [6.45, 7) is 1.90. The molecule has 0 bridgehead atoms. The lowest BCUT2D eigenvalue weighted by atomic mass is 10.2. The van der Waals surface area contributed by atoms with Crippen molar-refractivity contribution in [3.63, 3.8) is 0 Å². The normalized spacial score (nSPS) is 10.4. The minimum atomic E-state index is -1.02. The predicted octanol–water partition coefficient (Wildman–Crippen LogP) is 3.15. The van der Waals surface area contributed by atoms with E-state index < -0.39 is 5.97 Å². The van der Waals surface area contributed by atoms with Crippen LogP contribution in [-0.2, 0) is 0 Å². The molecule has 2 rings (SSSR count). The largest absolute Gasteiger partial charge is 0.497 e. The quantitative estimate of drug-likeness (QED) is 0.927. The van der Waals surface area contributed by atoms with Crippen LogP contribution >= 0.6 is 11.6 Å².